The lowest BCUT2D eigenvalue weighted by molar-refractivity contribution is 0.242. The van der Waals surface area contributed by atoms with Gasteiger partial charge in [0.1, 0.15) is 5.75 Å². The first-order valence-electron chi connectivity index (χ1n) is 3.62. The summed E-state index contributed by atoms with van der Waals surface area (Å²) in [7, 11) is -1.11. The van der Waals surface area contributed by atoms with Crippen molar-refractivity contribution in [2.45, 2.75) is 5.85 Å². The Morgan fingerprint density at radius 1 is 1.54 bits per heavy atom. The van der Waals surface area contributed by atoms with Gasteiger partial charge in [0, 0.05) is 5.56 Å². The van der Waals surface area contributed by atoms with Gasteiger partial charge < -0.3 is 9.84 Å². The summed E-state index contributed by atoms with van der Waals surface area (Å²) in [5.74, 6) is -0.793. The molecule has 1 aromatic carbocycles. The van der Waals surface area contributed by atoms with Crippen LogP contribution in [0, 0.1) is 0 Å². The Morgan fingerprint density at radius 3 is 2.77 bits per heavy atom. The predicted octanol–water partition coefficient (Wildman–Crippen LogP) is 1.42. The quantitative estimate of drug-likeness (QED) is 0.726. The Balaban J connectivity index is 2.94. The first kappa shape index (κ1) is 10.1. The maximum atomic E-state index is 10.6. The third-order valence-electron chi connectivity index (χ3n) is 1.60. The summed E-state index contributed by atoms with van der Waals surface area (Å²) in [4.78, 5) is 8.66. The van der Waals surface area contributed by atoms with Gasteiger partial charge >= 0.3 is 13.9 Å². The van der Waals surface area contributed by atoms with E-state index in [-0.39, 0.29) is 0 Å². The number of aliphatic hydroxyl groups is 1. The Bertz CT molecular complexity index is 313. The second-order valence-electron chi connectivity index (χ2n) is 2.45. The third-order valence-corrected chi connectivity index (χ3v) is 2.32. The molecule has 0 saturated heterocycles. The zero-order chi connectivity index (χ0) is 9.84. The van der Waals surface area contributed by atoms with Crippen molar-refractivity contribution in [1.29, 1.82) is 0 Å². The largest absolute Gasteiger partial charge is 0.542 e. The number of benzene rings is 1. The average Bonchev–Trinajstić information content (AvgIpc) is 2.16. The highest BCUT2D eigenvalue weighted by Gasteiger charge is 2.27. The molecular formula is C8H10O4P+. The monoisotopic (exact) mass is 201 g/mol. The molecule has 0 heterocycles. The topological polar surface area (TPSA) is 66.8 Å². The van der Waals surface area contributed by atoms with Crippen LogP contribution in [0.4, 0.5) is 0 Å². The number of ether oxygens (including phenoxy) is 1. The molecule has 0 aliphatic carbocycles. The van der Waals surface area contributed by atoms with Crippen LogP contribution in [0.5, 0.6) is 5.75 Å². The van der Waals surface area contributed by atoms with Crippen molar-refractivity contribution in [2.75, 3.05) is 7.11 Å². The standard InChI is InChI=1S/C8H9O4P/c1-12-7-4-2-3-6(5-7)8(9)13(10)11/h2-5,8-9H,1H3/p+1. The van der Waals surface area contributed by atoms with Gasteiger partial charge in [0.05, 0.1) is 7.11 Å². The fourth-order valence-electron chi connectivity index (χ4n) is 0.930. The first-order chi connectivity index (χ1) is 6.15. The molecule has 0 radical (unpaired) electrons. The molecule has 2 atom stereocenters. The number of aliphatic hydroxyl groups excluding tert-OH is 1. The van der Waals surface area contributed by atoms with Crippen molar-refractivity contribution in [2.24, 2.45) is 0 Å². The van der Waals surface area contributed by atoms with Crippen LogP contribution in [-0.2, 0) is 4.57 Å². The van der Waals surface area contributed by atoms with Crippen LogP contribution in [0.15, 0.2) is 24.3 Å². The average molecular weight is 201 g/mol. The molecule has 13 heavy (non-hydrogen) atoms. The first-order valence-corrected chi connectivity index (χ1v) is 4.90. The molecule has 0 saturated carbocycles. The van der Waals surface area contributed by atoms with E-state index in [0.717, 1.165) is 0 Å². The summed E-state index contributed by atoms with van der Waals surface area (Å²) < 4.78 is 15.5. The van der Waals surface area contributed by atoms with Gasteiger partial charge in [0.25, 0.3) is 0 Å². The molecule has 0 amide bonds. The van der Waals surface area contributed by atoms with Crippen LogP contribution in [0.1, 0.15) is 11.4 Å². The molecule has 0 aliphatic heterocycles. The van der Waals surface area contributed by atoms with E-state index in [0.29, 0.717) is 11.3 Å². The lowest BCUT2D eigenvalue weighted by atomic mass is 10.2. The third kappa shape index (κ3) is 2.49. The number of hydrogen-bond acceptors (Lipinski definition) is 3. The minimum absolute atomic E-state index is 0.378. The molecule has 1 aromatic rings. The van der Waals surface area contributed by atoms with Gasteiger partial charge in [-0.25, -0.2) is 0 Å². The van der Waals surface area contributed by atoms with Gasteiger partial charge in [-0.2, -0.15) is 4.89 Å². The summed E-state index contributed by atoms with van der Waals surface area (Å²) in [6.45, 7) is 0. The number of rotatable bonds is 3. The van der Waals surface area contributed by atoms with E-state index in [1.807, 2.05) is 0 Å². The van der Waals surface area contributed by atoms with Gasteiger partial charge in [-0.15, -0.1) is 0 Å². The molecule has 0 aliphatic rings. The van der Waals surface area contributed by atoms with Crippen LogP contribution < -0.4 is 4.74 Å². The summed E-state index contributed by atoms with van der Waals surface area (Å²) in [6.07, 6.45) is 0. The molecule has 0 fully saturated rings. The zero-order valence-electron chi connectivity index (χ0n) is 7.04. The van der Waals surface area contributed by atoms with Gasteiger partial charge in [-0.1, -0.05) is 12.1 Å². The molecule has 70 valence electrons. The second-order valence-corrected chi connectivity index (χ2v) is 3.55. The minimum atomic E-state index is -2.61. The molecule has 4 nitrogen and oxygen atoms in total. The van der Waals surface area contributed by atoms with Crippen molar-refractivity contribution in [3.63, 3.8) is 0 Å². The zero-order valence-corrected chi connectivity index (χ0v) is 7.94. The van der Waals surface area contributed by atoms with E-state index >= 15 is 0 Å². The van der Waals surface area contributed by atoms with Crippen LogP contribution in [-0.4, -0.2) is 17.1 Å². The fourth-order valence-corrected chi connectivity index (χ4v) is 1.35. The van der Waals surface area contributed by atoms with E-state index in [4.69, 9.17) is 9.63 Å². The van der Waals surface area contributed by atoms with Crippen molar-refractivity contribution in [1.82, 2.24) is 0 Å². The molecule has 0 bridgehead atoms. The fraction of sp³-hybridized carbons (Fsp3) is 0.250. The van der Waals surface area contributed by atoms with Crippen LogP contribution in [0.25, 0.3) is 0 Å². The Kier molecular flexibility index (Phi) is 3.37. The highest BCUT2D eigenvalue weighted by molar-refractivity contribution is 7.38. The lowest BCUT2D eigenvalue weighted by Gasteiger charge is -2.01. The van der Waals surface area contributed by atoms with Gasteiger partial charge in [-0.3, -0.25) is 0 Å². The van der Waals surface area contributed by atoms with Crippen molar-refractivity contribution in [3.8, 4) is 5.75 Å². The van der Waals surface area contributed by atoms with Crippen LogP contribution in [0.3, 0.4) is 0 Å². The maximum Gasteiger partial charge on any atom is 0.542 e. The molecule has 5 heteroatoms. The minimum Gasteiger partial charge on any atom is -0.497 e. The van der Waals surface area contributed by atoms with E-state index in [1.54, 1.807) is 18.2 Å². The van der Waals surface area contributed by atoms with Crippen molar-refractivity contribution < 1.29 is 19.3 Å². The lowest BCUT2D eigenvalue weighted by Crippen LogP contribution is -1.92. The van der Waals surface area contributed by atoms with Crippen molar-refractivity contribution >= 4 is 8.03 Å². The molecule has 2 unspecified atom stereocenters. The van der Waals surface area contributed by atoms with E-state index in [9.17, 15) is 9.67 Å². The van der Waals surface area contributed by atoms with Gasteiger partial charge in [0.15, 0.2) is 0 Å². The smallest absolute Gasteiger partial charge is 0.497 e. The number of methoxy groups -OCH3 is 1. The Hall–Kier alpha value is -0.960. The summed E-state index contributed by atoms with van der Waals surface area (Å²) in [5.41, 5.74) is 0.378. The van der Waals surface area contributed by atoms with Crippen molar-refractivity contribution in [3.05, 3.63) is 29.8 Å². The van der Waals surface area contributed by atoms with Gasteiger partial charge in [-0.05, 0) is 16.7 Å². The predicted molar refractivity (Wildman–Crippen MR) is 47.8 cm³/mol. The molecule has 2 N–H and O–H groups in total. The van der Waals surface area contributed by atoms with E-state index in [1.165, 1.54) is 13.2 Å². The molecular weight excluding hydrogens is 191 g/mol. The highest BCUT2D eigenvalue weighted by Crippen LogP contribution is 2.35. The second kappa shape index (κ2) is 4.33. The molecule has 0 spiro atoms. The summed E-state index contributed by atoms with van der Waals surface area (Å²) >= 11 is 0. The highest BCUT2D eigenvalue weighted by atomic mass is 31.1. The maximum absolute atomic E-state index is 10.6. The van der Waals surface area contributed by atoms with E-state index < -0.39 is 13.9 Å². The number of hydrogen-bond donors (Lipinski definition) is 2. The van der Waals surface area contributed by atoms with Crippen LogP contribution >= 0.6 is 8.03 Å². The Morgan fingerprint density at radius 2 is 2.23 bits per heavy atom. The van der Waals surface area contributed by atoms with Gasteiger partial charge in [0.2, 0.25) is 0 Å². The SMILES string of the molecule is COc1cccc(C(O)[P+](=O)O)c1. The summed E-state index contributed by atoms with van der Waals surface area (Å²) in [6, 6.07) is 6.43. The van der Waals surface area contributed by atoms with Crippen LogP contribution in [0.2, 0.25) is 0 Å². The summed E-state index contributed by atoms with van der Waals surface area (Å²) in [5, 5.41) is 9.23. The Labute approximate surface area is 76.7 Å². The molecule has 1 rings (SSSR count). The normalized spacial score (nSPS) is 13.6. The van der Waals surface area contributed by atoms with E-state index in [2.05, 4.69) is 0 Å². The molecule has 0 aromatic heterocycles.